The molecule has 2 N–H and O–H groups in total. The summed E-state index contributed by atoms with van der Waals surface area (Å²) in [6, 6.07) is 4.54. The second kappa shape index (κ2) is 5.46. The molecule has 0 aliphatic carbocycles. The normalized spacial score (nSPS) is 21.4. The molecule has 1 atom stereocenters. The fourth-order valence-corrected chi connectivity index (χ4v) is 4.51. The lowest BCUT2D eigenvalue weighted by atomic mass is 10.2. The number of halogens is 2. The summed E-state index contributed by atoms with van der Waals surface area (Å²) < 4.78 is 27.0. The molecule has 7 heteroatoms. The number of nitrogens with two attached hydrogens (primary N) is 1. The van der Waals surface area contributed by atoms with Crippen LogP contribution < -0.4 is 5.73 Å². The van der Waals surface area contributed by atoms with Crippen molar-refractivity contribution in [3.8, 4) is 0 Å². The van der Waals surface area contributed by atoms with E-state index in [4.69, 9.17) is 17.3 Å². The molecule has 0 radical (unpaired) electrons. The first-order valence-electron chi connectivity index (χ1n) is 5.64. The van der Waals surface area contributed by atoms with Gasteiger partial charge in [0.05, 0.1) is 9.92 Å². The lowest BCUT2D eigenvalue weighted by molar-refractivity contribution is 0.393. The van der Waals surface area contributed by atoms with Crippen molar-refractivity contribution in [2.45, 2.75) is 23.8 Å². The van der Waals surface area contributed by atoms with Crippen molar-refractivity contribution < 1.29 is 8.42 Å². The highest BCUT2D eigenvalue weighted by Gasteiger charge is 2.34. The molecule has 1 heterocycles. The largest absolute Gasteiger partial charge is 0.329 e. The quantitative estimate of drug-likeness (QED) is 0.906. The Bertz CT molecular complexity index is 550. The Morgan fingerprint density at radius 2 is 2.22 bits per heavy atom. The van der Waals surface area contributed by atoms with Gasteiger partial charge >= 0.3 is 0 Å². The molecular weight excluding hydrogens is 340 g/mol. The van der Waals surface area contributed by atoms with E-state index in [1.165, 1.54) is 16.4 Å². The van der Waals surface area contributed by atoms with E-state index in [0.29, 0.717) is 22.6 Å². The van der Waals surface area contributed by atoms with Gasteiger partial charge in [-0.25, -0.2) is 8.42 Å². The molecule has 1 aromatic carbocycles. The van der Waals surface area contributed by atoms with E-state index in [1.807, 2.05) is 0 Å². The number of hydrogen-bond donors (Lipinski definition) is 1. The third-order valence-electron chi connectivity index (χ3n) is 3.09. The van der Waals surface area contributed by atoms with Crippen molar-refractivity contribution in [3.63, 3.8) is 0 Å². The second-order valence-electron chi connectivity index (χ2n) is 4.22. The summed E-state index contributed by atoms with van der Waals surface area (Å²) in [5, 5.41) is 0.491. The monoisotopic (exact) mass is 352 g/mol. The fraction of sp³-hybridized carbons (Fsp3) is 0.455. The molecule has 0 aromatic heterocycles. The van der Waals surface area contributed by atoms with Gasteiger partial charge in [-0.05, 0) is 47.0 Å². The van der Waals surface area contributed by atoms with Crippen LogP contribution in [0.3, 0.4) is 0 Å². The predicted octanol–water partition coefficient (Wildman–Crippen LogP) is 2.21. The van der Waals surface area contributed by atoms with Crippen LogP contribution in [0.15, 0.2) is 27.6 Å². The van der Waals surface area contributed by atoms with Gasteiger partial charge in [0.1, 0.15) is 0 Å². The van der Waals surface area contributed by atoms with E-state index >= 15 is 0 Å². The van der Waals surface area contributed by atoms with E-state index in [1.54, 1.807) is 6.07 Å². The first-order chi connectivity index (χ1) is 8.46. The first-order valence-corrected chi connectivity index (χ1v) is 8.25. The molecule has 1 saturated heterocycles. The molecule has 0 bridgehead atoms. The van der Waals surface area contributed by atoms with Gasteiger partial charge in [-0.1, -0.05) is 11.6 Å². The standard InChI is InChI=1S/C11H14BrClN2O2S/c12-10-6-9(3-4-11(10)13)18(16,17)15-5-1-2-8(15)7-14/h3-4,6,8H,1-2,5,7,14H2. The van der Waals surface area contributed by atoms with Crippen molar-refractivity contribution in [1.82, 2.24) is 4.31 Å². The van der Waals surface area contributed by atoms with E-state index < -0.39 is 10.0 Å². The van der Waals surface area contributed by atoms with Gasteiger partial charge in [0.2, 0.25) is 10.0 Å². The molecule has 100 valence electrons. The average molecular weight is 354 g/mol. The smallest absolute Gasteiger partial charge is 0.243 e. The molecule has 1 fully saturated rings. The van der Waals surface area contributed by atoms with E-state index in [2.05, 4.69) is 15.9 Å². The fourth-order valence-electron chi connectivity index (χ4n) is 2.13. The van der Waals surface area contributed by atoms with Gasteiger partial charge < -0.3 is 5.73 Å². The average Bonchev–Trinajstić information content (AvgIpc) is 2.81. The van der Waals surface area contributed by atoms with Crippen molar-refractivity contribution in [3.05, 3.63) is 27.7 Å². The van der Waals surface area contributed by atoms with Gasteiger partial charge in [0.25, 0.3) is 0 Å². The van der Waals surface area contributed by atoms with Crippen LogP contribution >= 0.6 is 27.5 Å². The summed E-state index contributed by atoms with van der Waals surface area (Å²) in [6.45, 7) is 0.887. The Morgan fingerprint density at radius 3 is 2.83 bits per heavy atom. The van der Waals surface area contributed by atoms with Crippen LogP contribution in [-0.4, -0.2) is 31.9 Å². The number of hydrogen-bond acceptors (Lipinski definition) is 3. The van der Waals surface area contributed by atoms with Gasteiger partial charge in [0.15, 0.2) is 0 Å². The maximum atomic E-state index is 12.5. The molecule has 1 aliphatic heterocycles. The van der Waals surface area contributed by atoms with E-state index in [-0.39, 0.29) is 10.9 Å². The Kier molecular flexibility index (Phi) is 4.33. The van der Waals surface area contributed by atoms with E-state index in [0.717, 1.165) is 12.8 Å². The molecule has 18 heavy (non-hydrogen) atoms. The molecule has 1 aromatic rings. The van der Waals surface area contributed by atoms with Crippen molar-refractivity contribution in [2.75, 3.05) is 13.1 Å². The van der Waals surface area contributed by atoms with Crippen molar-refractivity contribution >= 4 is 37.6 Å². The summed E-state index contributed by atoms with van der Waals surface area (Å²) >= 11 is 9.11. The van der Waals surface area contributed by atoms with Gasteiger partial charge in [-0.3, -0.25) is 0 Å². The topological polar surface area (TPSA) is 63.4 Å². The van der Waals surface area contributed by atoms with Crippen molar-refractivity contribution in [2.24, 2.45) is 5.73 Å². The van der Waals surface area contributed by atoms with Crippen LogP contribution in [0.2, 0.25) is 5.02 Å². The van der Waals surface area contributed by atoms with Crippen LogP contribution in [0, 0.1) is 0 Å². The maximum absolute atomic E-state index is 12.5. The van der Waals surface area contributed by atoms with Gasteiger partial charge in [-0.2, -0.15) is 4.31 Å². The lowest BCUT2D eigenvalue weighted by Crippen LogP contribution is -2.39. The minimum Gasteiger partial charge on any atom is -0.329 e. The first kappa shape index (κ1) is 14.3. The zero-order valence-electron chi connectivity index (χ0n) is 9.64. The molecule has 1 aliphatic rings. The minimum absolute atomic E-state index is 0.0931. The van der Waals surface area contributed by atoms with Crippen LogP contribution in [-0.2, 0) is 10.0 Å². The number of sulfonamides is 1. The Morgan fingerprint density at radius 1 is 1.50 bits per heavy atom. The summed E-state index contributed by atoms with van der Waals surface area (Å²) in [5.41, 5.74) is 5.62. The summed E-state index contributed by atoms with van der Waals surface area (Å²) in [7, 11) is -3.47. The van der Waals surface area contributed by atoms with Crippen LogP contribution in [0.4, 0.5) is 0 Å². The van der Waals surface area contributed by atoms with Crippen LogP contribution in [0.1, 0.15) is 12.8 Å². The lowest BCUT2D eigenvalue weighted by Gasteiger charge is -2.23. The summed E-state index contributed by atoms with van der Waals surface area (Å²) in [5.74, 6) is 0. The third kappa shape index (κ3) is 2.58. The van der Waals surface area contributed by atoms with E-state index in [9.17, 15) is 8.42 Å². The highest BCUT2D eigenvalue weighted by molar-refractivity contribution is 9.10. The Labute approximate surface area is 120 Å². The second-order valence-corrected chi connectivity index (χ2v) is 7.38. The van der Waals surface area contributed by atoms with Crippen molar-refractivity contribution in [1.29, 1.82) is 0 Å². The highest BCUT2D eigenvalue weighted by atomic mass is 79.9. The molecule has 4 nitrogen and oxygen atoms in total. The Balaban J connectivity index is 2.38. The molecule has 1 unspecified atom stereocenters. The van der Waals surface area contributed by atoms with Crippen LogP contribution in [0.5, 0.6) is 0 Å². The summed E-state index contributed by atoms with van der Waals surface area (Å²) in [6.07, 6.45) is 1.68. The molecular formula is C11H14BrClN2O2S. The Hall–Kier alpha value is -0.140. The number of benzene rings is 1. The number of rotatable bonds is 3. The van der Waals surface area contributed by atoms with Crippen LogP contribution in [0.25, 0.3) is 0 Å². The zero-order chi connectivity index (χ0) is 13.3. The molecule has 0 amide bonds. The third-order valence-corrected chi connectivity index (χ3v) is 6.25. The molecule has 0 spiro atoms. The molecule has 0 saturated carbocycles. The number of nitrogens with zero attached hydrogens (tertiary/aromatic N) is 1. The predicted molar refractivity (Wildman–Crippen MR) is 75.1 cm³/mol. The SMILES string of the molecule is NCC1CCCN1S(=O)(=O)c1ccc(Cl)c(Br)c1. The van der Waals surface area contributed by atoms with Gasteiger partial charge in [-0.15, -0.1) is 0 Å². The minimum atomic E-state index is -3.47. The maximum Gasteiger partial charge on any atom is 0.243 e. The zero-order valence-corrected chi connectivity index (χ0v) is 12.8. The summed E-state index contributed by atoms with van der Waals surface area (Å²) in [4.78, 5) is 0.249. The molecule has 2 rings (SSSR count). The highest BCUT2D eigenvalue weighted by Crippen LogP contribution is 2.30. The van der Waals surface area contributed by atoms with Gasteiger partial charge in [0, 0.05) is 23.6 Å².